The molecule has 2 aliphatic heterocycles. The molecular formula is C39H49Cl2N5O3. The molecule has 49 heavy (non-hydrogen) atoms. The molecule has 0 aliphatic carbocycles. The van der Waals surface area contributed by atoms with Gasteiger partial charge in [0.25, 0.3) is 0 Å². The van der Waals surface area contributed by atoms with E-state index in [9.17, 15) is 4.79 Å². The molecule has 262 valence electrons. The van der Waals surface area contributed by atoms with Crippen molar-refractivity contribution in [2.75, 3.05) is 33.3 Å². The highest BCUT2D eigenvalue weighted by molar-refractivity contribution is 6.30. The van der Waals surface area contributed by atoms with Crippen LogP contribution in [0.25, 0.3) is 0 Å². The van der Waals surface area contributed by atoms with Crippen molar-refractivity contribution in [3.05, 3.63) is 93.2 Å². The van der Waals surface area contributed by atoms with E-state index in [-0.39, 0.29) is 23.3 Å². The number of aliphatic imine (C=N–C) groups is 1. The standard InChI is InChI=1S/C39H49Cl2N5O3/c1-9-44(8)34(47)23-26-19-21-45(22-20-26)36(48)46-35(31-25-42-33(37(3,4)5)24-32(31)49-10-2)43-38(6,27-11-15-29(40)16-12-27)39(46,7)28-13-17-30(41)18-14-28/h11-18,24-26H,9-10,19-23H2,1-8H3/t38-,39+/m0/s1. The van der Waals surface area contributed by atoms with Crippen molar-refractivity contribution in [2.24, 2.45) is 10.9 Å². The van der Waals surface area contributed by atoms with Gasteiger partial charge in [-0.25, -0.2) is 4.79 Å². The molecule has 2 aromatic carbocycles. The molecule has 1 saturated heterocycles. The minimum atomic E-state index is -1.01. The van der Waals surface area contributed by atoms with E-state index in [1.807, 2.05) is 85.3 Å². The van der Waals surface area contributed by atoms with Crippen LogP contribution in [0.4, 0.5) is 4.79 Å². The third-order valence-electron chi connectivity index (χ3n) is 10.4. The molecule has 0 bridgehead atoms. The summed E-state index contributed by atoms with van der Waals surface area (Å²) in [6.07, 6.45) is 3.77. The lowest BCUT2D eigenvalue weighted by Gasteiger charge is -2.47. The molecule has 10 heteroatoms. The first-order chi connectivity index (χ1) is 23.1. The lowest BCUT2D eigenvalue weighted by atomic mass is 9.71. The van der Waals surface area contributed by atoms with Gasteiger partial charge in [-0.3, -0.25) is 19.7 Å². The zero-order chi connectivity index (χ0) is 35.7. The molecule has 3 heterocycles. The number of urea groups is 1. The average molecular weight is 707 g/mol. The number of carbonyl (C=O) groups is 2. The second-order valence-electron chi connectivity index (χ2n) is 14.5. The number of nitrogens with zero attached hydrogens (tertiary/aromatic N) is 5. The summed E-state index contributed by atoms with van der Waals surface area (Å²) in [6, 6.07) is 17.1. The largest absolute Gasteiger partial charge is 0.493 e. The van der Waals surface area contributed by atoms with Gasteiger partial charge in [0.05, 0.1) is 12.2 Å². The van der Waals surface area contributed by atoms with Gasteiger partial charge >= 0.3 is 6.03 Å². The van der Waals surface area contributed by atoms with Gasteiger partial charge in [-0.05, 0) is 81.8 Å². The molecule has 3 amide bonds. The topological polar surface area (TPSA) is 78.3 Å². The maximum absolute atomic E-state index is 15.2. The molecule has 1 fully saturated rings. The fourth-order valence-corrected chi connectivity index (χ4v) is 7.16. The van der Waals surface area contributed by atoms with E-state index in [0.717, 1.165) is 29.7 Å². The van der Waals surface area contributed by atoms with Gasteiger partial charge in [0.2, 0.25) is 5.91 Å². The highest BCUT2D eigenvalue weighted by Gasteiger charge is 2.60. The molecule has 0 N–H and O–H groups in total. The third kappa shape index (κ3) is 7.04. The van der Waals surface area contributed by atoms with Crippen LogP contribution in [-0.4, -0.2) is 70.7 Å². The second-order valence-corrected chi connectivity index (χ2v) is 15.4. The Morgan fingerprint density at radius 1 is 0.959 bits per heavy atom. The molecule has 0 radical (unpaired) electrons. The van der Waals surface area contributed by atoms with Gasteiger partial charge in [0.1, 0.15) is 22.7 Å². The minimum absolute atomic E-state index is 0.143. The third-order valence-corrected chi connectivity index (χ3v) is 10.9. The van der Waals surface area contributed by atoms with Gasteiger partial charge in [-0.15, -0.1) is 0 Å². The highest BCUT2D eigenvalue weighted by atomic mass is 35.5. The number of hydrogen-bond acceptors (Lipinski definition) is 5. The van der Waals surface area contributed by atoms with Gasteiger partial charge in [0.15, 0.2) is 0 Å². The Balaban J connectivity index is 1.67. The zero-order valence-electron chi connectivity index (χ0n) is 30.0. The fourth-order valence-electron chi connectivity index (χ4n) is 6.91. The summed E-state index contributed by atoms with van der Waals surface area (Å²) in [6.45, 7) is 16.6. The summed E-state index contributed by atoms with van der Waals surface area (Å²) in [5.74, 6) is 1.47. The van der Waals surface area contributed by atoms with Crippen molar-refractivity contribution in [3.8, 4) is 5.75 Å². The van der Waals surface area contributed by atoms with Gasteiger partial charge in [-0.2, -0.15) is 0 Å². The quantitative estimate of drug-likeness (QED) is 0.235. The molecule has 1 aromatic heterocycles. The van der Waals surface area contributed by atoms with Crippen LogP contribution in [0.15, 0.2) is 65.8 Å². The molecule has 2 aliphatic rings. The van der Waals surface area contributed by atoms with Crippen LogP contribution >= 0.6 is 23.2 Å². The number of hydrogen-bond donors (Lipinski definition) is 0. The summed E-state index contributed by atoms with van der Waals surface area (Å²) in [5, 5.41) is 1.21. The van der Waals surface area contributed by atoms with E-state index in [4.69, 9.17) is 37.9 Å². The number of piperidine rings is 1. The first-order valence-corrected chi connectivity index (χ1v) is 18.0. The van der Waals surface area contributed by atoms with Gasteiger partial charge in [0, 0.05) is 66.5 Å². The Hall–Kier alpha value is -3.62. The van der Waals surface area contributed by atoms with Crippen LogP contribution in [-0.2, 0) is 21.3 Å². The van der Waals surface area contributed by atoms with E-state index in [2.05, 4.69) is 34.6 Å². The molecule has 0 saturated carbocycles. The Morgan fingerprint density at radius 3 is 2.06 bits per heavy atom. The van der Waals surface area contributed by atoms with Crippen molar-refractivity contribution in [2.45, 2.75) is 84.2 Å². The number of amides is 3. The number of amidine groups is 1. The fraction of sp³-hybridized carbons (Fsp3) is 0.487. The van der Waals surface area contributed by atoms with Gasteiger partial charge in [-0.1, -0.05) is 68.2 Å². The number of aromatic nitrogens is 1. The summed E-state index contributed by atoms with van der Waals surface area (Å²) < 4.78 is 6.27. The Bertz CT molecular complexity index is 1700. The summed E-state index contributed by atoms with van der Waals surface area (Å²) >= 11 is 12.8. The van der Waals surface area contributed by atoms with E-state index in [1.54, 1.807) is 11.1 Å². The summed E-state index contributed by atoms with van der Waals surface area (Å²) in [4.78, 5) is 43.8. The number of likely N-dealkylation sites (tertiary alicyclic amines) is 1. The number of carbonyl (C=O) groups excluding carboxylic acids is 2. The molecule has 0 unspecified atom stereocenters. The molecule has 2 atom stereocenters. The van der Waals surface area contributed by atoms with E-state index in [1.165, 1.54) is 0 Å². The zero-order valence-corrected chi connectivity index (χ0v) is 31.5. The van der Waals surface area contributed by atoms with E-state index in [0.29, 0.717) is 59.9 Å². The number of benzene rings is 2. The lowest BCUT2D eigenvalue weighted by molar-refractivity contribution is -0.131. The first-order valence-electron chi connectivity index (χ1n) is 17.2. The number of pyridine rings is 1. The molecule has 0 spiro atoms. The van der Waals surface area contributed by atoms with Crippen molar-refractivity contribution < 1.29 is 14.3 Å². The minimum Gasteiger partial charge on any atom is -0.493 e. The molecule has 3 aromatic rings. The normalized spacial score (nSPS) is 21.5. The van der Waals surface area contributed by atoms with Crippen LogP contribution in [0.3, 0.4) is 0 Å². The second kappa shape index (κ2) is 14.3. The monoisotopic (exact) mass is 705 g/mol. The number of halogens is 2. The SMILES string of the molecule is CCOc1cc(C(C)(C)C)ncc1C1=N[C@@](C)(c2ccc(Cl)cc2)[C@@](C)(c2ccc(Cl)cc2)N1C(=O)N1CCC(CC(=O)N(C)CC)CC1. The predicted octanol–water partition coefficient (Wildman–Crippen LogP) is 8.68. The summed E-state index contributed by atoms with van der Waals surface area (Å²) in [5.41, 5.74) is 1.11. The van der Waals surface area contributed by atoms with Gasteiger partial charge < -0.3 is 14.5 Å². The van der Waals surface area contributed by atoms with Crippen LogP contribution in [0, 0.1) is 5.92 Å². The molecule has 8 nitrogen and oxygen atoms in total. The van der Waals surface area contributed by atoms with E-state index >= 15 is 4.79 Å². The Kier molecular flexibility index (Phi) is 10.7. The maximum atomic E-state index is 15.2. The van der Waals surface area contributed by atoms with E-state index < -0.39 is 11.1 Å². The highest BCUT2D eigenvalue weighted by Crippen LogP contribution is 2.54. The Morgan fingerprint density at radius 2 is 1.53 bits per heavy atom. The van der Waals surface area contributed by atoms with Crippen LogP contribution in [0.1, 0.15) is 90.1 Å². The predicted molar refractivity (Wildman–Crippen MR) is 198 cm³/mol. The summed E-state index contributed by atoms with van der Waals surface area (Å²) in [7, 11) is 1.84. The van der Waals surface area contributed by atoms with Crippen molar-refractivity contribution >= 4 is 41.0 Å². The smallest absolute Gasteiger partial charge is 0.326 e. The lowest BCUT2D eigenvalue weighted by Crippen LogP contribution is -2.59. The maximum Gasteiger partial charge on any atom is 0.326 e. The van der Waals surface area contributed by atoms with Crippen LogP contribution in [0.5, 0.6) is 5.75 Å². The average Bonchev–Trinajstić information content (AvgIpc) is 3.32. The van der Waals surface area contributed by atoms with Crippen molar-refractivity contribution in [1.29, 1.82) is 0 Å². The Labute approximate surface area is 301 Å². The van der Waals surface area contributed by atoms with Crippen molar-refractivity contribution in [3.63, 3.8) is 0 Å². The first kappa shape index (κ1) is 36.7. The number of ether oxygens (including phenoxy) is 1. The van der Waals surface area contributed by atoms with Crippen molar-refractivity contribution in [1.82, 2.24) is 19.7 Å². The van der Waals surface area contributed by atoms with Crippen LogP contribution < -0.4 is 4.74 Å². The number of rotatable bonds is 8. The molecular weight excluding hydrogens is 657 g/mol. The van der Waals surface area contributed by atoms with Crippen LogP contribution in [0.2, 0.25) is 10.0 Å². The molecule has 5 rings (SSSR count).